The minimum Gasteiger partial charge on any atom is -0.493 e. The van der Waals surface area contributed by atoms with Gasteiger partial charge in [0.15, 0.2) is 0 Å². The van der Waals surface area contributed by atoms with Crippen LogP contribution in [0.2, 0.25) is 0 Å². The third-order valence-electron chi connectivity index (χ3n) is 3.44. The molecular weight excluding hydrogens is 306 g/mol. The summed E-state index contributed by atoms with van der Waals surface area (Å²) in [6, 6.07) is 9.46. The molecule has 1 aliphatic rings. The maximum Gasteiger partial charge on any atom is 0.250 e. The highest BCUT2D eigenvalue weighted by molar-refractivity contribution is 7.91. The Morgan fingerprint density at radius 2 is 2.19 bits per heavy atom. The van der Waals surface area contributed by atoms with Crippen LogP contribution >= 0.6 is 11.3 Å². The SMILES string of the molecule is O=S(=O)(NCCc1ccc2c(c1)CCCO2)c1cccs1. The molecular formula is C15H17NO3S2. The van der Waals surface area contributed by atoms with E-state index in [0.29, 0.717) is 17.2 Å². The highest BCUT2D eigenvalue weighted by atomic mass is 32.2. The van der Waals surface area contributed by atoms with Crippen LogP contribution in [0.3, 0.4) is 0 Å². The molecule has 2 aromatic rings. The Hall–Kier alpha value is -1.37. The predicted molar refractivity (Wildman–Crippen MR) is 83.5 cm³/mol. The van der Waals surface area contributed by atoms with E-state index in [4.69, 9.17) is 4.74 Å². The Morgan fingerprint density at radius 3 is 3.00 bits per heavy atom. The molecule has 1 aromatic carbocycles. The number of fused-ring (bicyclic) bond motifs is 1. The Balaban J connectivity index is 1.61. The van der Waals surface area contributed by atoms with Gasteiger partial charge in [0.25, 0.3) is 0 Å². The van der Waals surface area contributed by atoms with Gasteiger partial charge in [-0.25, -0.2) is 13.1 Å². The molecule has 0 spiro atoms. The van der Waals surface area contributed by atoms with Crippen molar-refractivity contribution >= 4 is 21.4 Å². The van der Waals surface area contributed by atoms with E-state index in [-0.39, 0.29) is 0 Å². The van der Waals surface area contributed by atoms with Crippen molar-refractivity contribution in [2.75, 3.05) is 13.2 Å². The molecule has 6 heteroatoms. The van der Waals surface area contributed by atoms with Crippen molar-refractivity contribution in [3.05, 3.63) is 46.8 Å². The van der Waals surface area contributed by atoms with Gasteiger partial charge in [-0.05, 0) is 47.9 Å². The van der Waals surface area contributed by atoms with Crippen molar-refractivity contribution in [2.45, 2.75) is 23.5 Å². The van der Waals surface area contributed by atoms with Crippen LogP contribution in [0.1, 0.15) is 17.5 Å². The smallest absolute Gasteiger partial charge is 0.250 e. The minimum atomic E-state index is -3.36. The van der Waals surface area contributed by atoms with Crippen molar-refractivity contribution < 1.29 is 13.2 Å². The van der Waals surface area contributed by atoms with E-state index in [0.717, 1.165) is 30.8 Å². The summed E-state index contributed by atoms with van der Waals surface area (Å²) in [7, 11) is -3.36. The van der Waals surface area contributed by atoms with E-state index in [1.807, 2.05) is 12.1 Å². The molecule has 1 aromatic heterocycles. The highest BCUT2D eigenvalue weighted by Crippen LogP contribution is 2.25. The number of aryl methyl sites for hydroxylation is 1. The van der Waals surface area contributed by atoms with Crippen LogP contribution in [-0.2, 0) is 22.9 Å². The molecule has 0 unspecified atom stereocenters. The number of benzene rings is 1. The van der Waals surface area contributed by atoms with Crippen LogP contribution in [0.5, 0.6) is 5.75 Å². The lowest BCUT2D eigenvalue weighted by Gasteiger charge is -2.17. The molecule has 0 fully saturated rings. The second-order valence-corrected chi connectivity index (χ2v) is 7.92. The number of hydrogen-bond donors (Lipinski definition) is 1. The van der Waals surface area contributed by atoms with Crippen LogP contribution in [0.25, 0.3) is 0 Å². The summed E-state index contributed by atoms with van der Waals surface area (Å²) in [4.78, 5) is 0. The number of sulfonamides is 1. The zero-order valence-corrected chi connectivity index (χ0v) is 13.2. The Labute approximate surface area is 128 Å². The monoisotopic (exact) mass is 323 g/mol. The second kappa shape index (κ2) is 6.17. The Kier molecular flexibility index (Phi) is 4.28. The van der Waals surface area contributed by atoms with E-state index in [1.54, 1.807) is 17.5 Å². The third kappa shape index (κ3) is 3.45. The molecule has 21 heavy (non-hydrogen) atoms. The molecule has 0 radical (unpaired) electrons. The van der Waals surface area contributed by atoms with Crippen LogP contribution < -0.4 is 9.46 Å². The van der Waals surface area contributed by atoms with Gasteiger partial charge in [0.2, 0.25) is 10.0 Å². The fourth-order valence-corrected chi connectivity index (χ4v) is 4.46. The maximum absolute atomic E-state index is 12.0. The molecule has 0 amide bonds. The summed E-state index contributed by atoms with van der Waals surface area (Å²) in [5.74, 6) is 0.962. The Morgan fingerprint density at radius 1 is 1.29 bits per heavy atom. The highest BCUT2D eigenvalue weighted by Gasteiger charge is 2.14. The van der Waals surface area contributed by atoms with Crippen molar-refractivity contribution in [3.63, 3.8) is 0 Å². The molecule has 0 saturated heterocycles. The quantitative estimate of drug-likeness (QED) is 0.920. The van der Waals surface area contributed by atoms with E-state index in [9.17, 15) is 8.42 Å². The third-order valence-corrected chi connectivity index (χ3v) is 6.30. The molecule has 0 saturated carbocycles. The number of hydrogen-bond acceptors (Lipinski definition) is 4. The van der Waals surface area contributed by atoms with Crippen LogP contribution in [0.15, 0.2) is 39.9 Å². The van der Waals surface area contributed by atoms with Gasteiger partial charge >= 0.3 is 0 Å². The van der Waals surface area contributed by atoms with Crippen molar-refractivity contribution in [1.29, 1.82) is 0 Å². The lowest BCUT2D eigenvalue weighted by atomic mass is 10.0. The molecule has 2 heterocycles. The first-order chi connectivity index (χ1) is 10.1. The predicted octanol–water partition coefficient (Wildman–Crippen LogP) is 2.59. The number of ether oxygens (including phenoxy) is 1. The summed E-state index contributed by atoms with van der Waals surface area (Å²) >= 11 is 1.23. The van der Waals surface area contributed by atoms with Gasteiger partial charge in [-0.3, -0.25) is 0 Å². The summed E-state index contributed by atoms with van der Waals surface area (Å²) in [6.07, 6.45) is 2.75. The molecule has 3 rings (SSSR count). The average molecular weight is 323 g/mol. The lowest BCUT2D eigenvalue weighted by Crippen LogP contribution is -2.25. The normalized spacial score (nSPS) is 14.5. The van der Waals surface area contributed by atoms with Crippen LogP contribution in [0, 0.1) is 0 Å². The van der Waals surface area contributed by atoms with Gasteiger partial charge in [0, 0.05) is 6.54 Å². The molecule has 112 valence electrons. The average Bonchev–Trinajstić information content (AvgIpc) is 3.02. The summed E-state index contributed by atoms with van der Waals surface area (Å²) in [5.41, 5.74) is 2.35. The molecule has 0 aliphatic carbocycles. The van der Waals surface area contributed by atoms with Gasteiger partial charge in [-0.15, -0.1) is 11.3 Å². The standard InChI is InChI=1S/C15H17NO3S2/c17-21(18,15-4-2-10-20-15)16-8-7-12-5-6-14-13(11-12)3-1-9-19-14/h2,4-6,10-11,16H,1,3,7-9H2. The van der Waals surface area contributed by atoms with Crippen molar-refractivity contribution in [3.8, 4) is 5.75 Å². The maximum atomic E-state index is 12.0. The van der Waals surface area contributed by atoms with Crippen molar-refractivity contribution in [1.82, 2.24) is 4.72 Å². The topological polar surface area (TPSA) is 55.4 Å². The largest absolute Gasteiger partial charge is 0.493 e. The molecule has 1 N–H and O–H groups in total. The second-order valence-electron chi connectivity index (χ2n) is 4.97. The van der Waals surface area contributed by atoms with Crippen molar-refractivity contribution in [2.24, 2.45) is 0 Å². The first kappa shape index (κ1) is 14.6. The van der Waals surface area contributed by atoms with Gasteiger partial charge < -0.3 is 4.74 Å². The minimum absolute atomic E-state index is 0.362. The first-order valence-corrected chi connectivity index (χ1v) is 9.29. The molecule has 1 aliphatic heterocycles. The molecule has 4 nitrogen and oxygen atoms in total. The van der Waals surface area contributed by atoms with Gasteiger partial charge in [0.1, 0.15) is 9.96 Å². The van der Waals surface area contributed by atoms with Gasteiger partial charge in [0.05, 0.1) is 6.61 Å². The van der Waals surface area contributed by atoms with E-state index in [1.165, 1.54) is 16.9 Å². The first-order valence-electron chi connectivity index (χ1n) is 6.93. The fourth-order valence-electron chi connectivity index (χ4n) is 2.39. The van der Waals surface area contributed by atoms with E-state index < -0.39 is 10.0 Å². The lowest BCUT2D eigenvalue weighted by molar-refractivity contribution is 0.288. The summed E-state index contributed by atoms with van der Waals surface area (Å²) in [5, 5.41) is 1.76. The zero-order valence-electron chi connectivity index (χ0n) is 11.5. The number of thiophene rings is 1. The van der Waals surface area contributed by atoms with Crippen LogP contribution in [0.4, 0.5) is 0 Å². The fraction of sp³-hybridized carbons (Fsp3) is 0.333. The van der Waals surface area contributed by atoms with E-state index >= 15 is 0 Å². The number of nitrogens with one attached hydrogen (secondary N) is 1. The Bertz CT molecular complexity index is 709. The molecule has 0 bridgehead atoms. The van der Waals surface area contributed by atoms with Gasteiger partial charge in [-0.2, -0.15) is 0 Å². The summed E-state index contributed by atoms with van der Waals surface area (Å²) in [6.45, 7) is 1.19. The summed E-state index contributed by atoms with van der Waals surface area (Å²) < 4.78 is 32.6. The molecule has 0 atom stereocenters. The van der Waals surface area contributed by atoms with Crippen LogP contribution in [-0.4, -0.2) is 21.6 Å². The van der Waals surface area contributed by atoms with E-state index in [2.05, 4.69) is 10.8 Å². The number of rotatable bonds is 5. The zero-order chi connectivity index (χ0) is 14.7. The van der Waals surface area contributed by atoms with Gasteiger partial charge in [-0.1, -0.05) is 18.2 Å².